The summed E-state index contributed by atoms with van der Waals surface area (Å²) in [5.41, 5.74) is 29.3. The van der Waals surface area contributed by atoms with Crippen molar-refractivity contribution in [3.05, 3.63) is 0 Å². The number of hydrogen-bond donors (Lipinski definition) is 14. The van der Waals surface area contributed by atoms with Gasteiger partial charge in [0.2, 0.25) is 0 Å². The Bertz CT molecular complexity index is 1030. The lowest BCUT2D eigenvalue weighted by Crippen LogP contribution is -2.68. The summed E-state index contributed by atoms with van der Waals surface area (Å²) in [6.07, 6.45) is -21.6. The van der Waals surface area contributed by atoms with Gasteiger partial charge in [-0.25, -0.2) is 0 Å². The fourth-order valence-electron chi connectivity index (χ4n) is 6.32. The van der Waals surface area contributed by atoms with E-state index in [4.69, 9.17) is 57.1 Å². The van der Waals surface area contributed by atoms with E-state index in [0.717, 1.165) is 0 Å². The molecule has 21 heteroatoms. The minimum atomic E-state index is -1.93. The number of hydrogen-bond acceptors (Lipinski definition) is 20. The van der Waals surface area contributed by atoms with Crippen LogP contribution in [0.3, 0.4) is 0 Å². The minimum Gasteiger partial charge on any atom is -0.394 e. The van der Waals surface area contributed by atoms with Crippen LogP contribution in [0.2, 0.25) is 0 Å². The smallest absolute Gasteiger partial charge is 0.251 e. The molecule has 0 aromatic heterocycles. The molecule has 3 heterocycles. The van der Waals surface area contributed by atoms with Gasteiger partial charge in [-0.2, -0.15) is 0 Å². The van der Waals surface area contributed by atoms with E-state index in [0.29, 0.717) is 0 Å². The molecule has 0 radical (unpaired) electrons. The number of carbonyl (C=O) groups is 1. The van der Waals surface area contributed by atoms with Crippen LogP contribution in [0, 0.1) is 0 Å². The van der Waals surface area contributed by atoms with E-state index < -0.39 is 135 Å². The zero-order valence-electron chi connectivity index (χ0n) is 26.2. The molecule has 280 valence electrons. The molecular formula is C27H52N6O15. The van der Waals surface area contributed by atoms with E-state index >= 15 is 0 Å². The molecule has 48 heavy (non-hydrogen) atoms. The predicted molar refractivity (Wildman–Crippen MR) is 159 cm³/mol. The molecule has 1 amide bonds. The molecule has 21 nitrogen and oxygen atoms in total. The molecule has 0 aromatic carbocycles. The van der Waals surface area contributed by atoms with Crippen LogP contribution in [0.5, 0.6) is 0 Å². The molecule has 4 fully saturated rings. The number of aliphatic hydroxyl groups is 8. The number of ether oxygens (including phenoxy) is 6. The number of rotatable bonds is 13. The number of carbonyl (C=O) groups excluding carboxylic acids is 1. The highest BCUT2D eigenvalue weighted by Crippen LogP contribution is 2.34. The highest BCUT2D eigenvalue weighted by Gasteiger charge is 2.54. The Morgan fingerprint density at radius 2 is 1.46 bits per heavy atom. The van der Waals surface area contributed by atoms with Gasteiger partial charge in [-0.15, -0.1) is 0 Å². The monoisotopic (exact) mass is 700 g/mol. The van der Waals surface area contributed by atoms with Crippen molar-refractivity contribution < 1.29 is 74.1 Å². The molecule has 3 saturated heterocycles. The molecule has 0 aromatic rings. The average molecular weight is 701 g/mol. The third-order valence-electron chi connectivity index (χ3n) is 9.21. The Morgan fingerprint density at radius 1 is 0.771 bits per heavy atom. The summed E-state index contributed by atoms with van der Waals surface area (Å²) in [7, 11) is 0. The standard InChI is InChI=1S/C27H52N6O15/c28-4-8-1-11(35)17(32)26(43-8)47-22-9(31)2-10(33-25(42)20(40)13(37)5-29)18(38)24(22)48-27-21(41)23(15(7-34)45-27)46-16-3-12(36)19(39)14(6-30)44-16/h8-24,26-27,34-41H,1-7,28-32H2,(H,33,42)/t8-,9-,10+,11+,12+,13-,14-,15+,16+,17+,18-,19-,20-,21+,22+,23+,24+,26+,27-/m0/s1. The predicted octanol–water partition coefficient (Wildman–Crippen LogP) is -8.97. The van der Waals surface area contributed by atoms with Crippen LogP contribution in [0.4, 0.5) is 0 Å². The van der Waals surface area contributed by atoms with Gasteiger partial charge < -0.3 is 103 Å². The third-order valence-corrected chi connectivity index (χ3v) is 9.21. The summed E-state index contributed by atoms with van der Waals surface area (Å²) < 4.78 is 35.2. The van der Waals surface area contributed by atoms with E-state index in [1.54, 1.807) is 0 Å². The maximum Gasteiger partial charge on any atom is 0.251 e. The van der Waals surface area contributed by atoms with Crippen molar-refractivity contribution in [2.75, 3.05) is 26.2 Å². The molecule has 0 bridgehead atoms. The van der Waals surface area contributed by atoms with Crippen LogP contribution < -0.4 is 34.0 Å². The number of amides is 1. The number of nitrogens with two attached hydrogens (primary N) is 5. The number of aliphatic hydroxyl groups excluding tert-OH is 8. The summed E-state index contributed by atoms with van der Waals surface area (Å²) in [4.78, 5) is 12.7. The third kappa shape index (κ3) is 8.77. The second kappa shape index (κ2) is 17.3. The summed E-state index contributed by atoms with van der Waals surface area (Å²) in [6.45, 7) is -1.21. The van der Waals surface area contributed by atoms with Gasteiger partial charge in [0.05, 0.1) is 37.0 Å². The van der Waals surface area contributed by atoms with Crippen molar-refractivity contribution in [2.45, 2.75) is 136 Å². The molecule has 4 rings (SSSR count). The van der Waals surface area contributed by atoms with Crippen molar-refractivity contribution in [1.82, 2.24) is 5.32 Å². The van der Waals surface area contributed by atoms with E-state index in [2.05, 4.69) is 5.32 Å². The van der Waals surface area contributed by atoms with Crippen molar-refractivity contribution in [3.63, 3.8) is 0 Å². The summed E-state index contributed by atoms with van der Waals surface area (Å²) in [5.74, 6) is -1.06. The Kier molecular flexibility index (Phi) is 14.2. The molecule has 3 aliphatic heterocycles. The Labute approximate surface area is 276 Å². The first-order valence-corrected chi connectivity index (χ1v) is 16.0. The Morgan fingerprint density at radius 3 is 2.08 bits per heavy atom. The van der Waals surface area contributed by atoms with E-state index in [1.807, 2.05) is 0 Å². The lowest BCUT2D eigenvalue weighted by molar-refractivity contribution is -0.295. The van der Waals surface area contributed by atoms with Crippen LogP contribution in [-0.2, 0) is 33.2 Å². The van der Waals surface area contributed by atoms with Gasteiger partial charge in [0, 0.05) is 38.5 Å². The zero-order valence-corrected chi connectivity index (χ0v) is 26.2. The van der Waals surface area contributed by atoms with Crippen LogP contribution in [0.1, 0.15) is 19.3 Å². The van der Waals surface area contributed by atoms with Gasteiger partial charge in [0.15, 0.2) is 25.0 Å². The summed E-state index contributed by atoms with van der Waals surface area (Å²) in [5, 5.41) is 86.0. The number of nitrogens with one attached hydrogen (secondary N) is 1. The average Bonchev–Trinajstić information content (AvgIpc) is 3.36. The summed E-state index contributed by atoms with van der Waals surface area (Å²) in [6, 6.07) is -3.30. The molecule has 19 atom stereocenters. The highest BCUT2D eigenvalue weighted by molar-refractivity contribution is 5.81. The van der Waals surface area contributed by atoms with Crippen molar-refractivity contribution in [2.24, 2.45) is 28.7 Å². The lowest BCUT2D eigenvalue weighted by atomic mass is 9.83. The van der Waals surface area contributed by atoms with Crippen LogP contribution in [-0.4, -0.2) is 189 Å². The fourth-order valence-corrected chi connectivity index (χ4v) is 6.32. The second-order valence-corrected chi connectivity index (χ2v) is 12.6. The Hall–Kier alpha value is -1.29. The lowest BCUT2D eigenvalue weighted by Gasteiger charge is -2.47. The van der Waals surface area contributed by atoms with Crippen LogP contribution >= 0.6 is 0 Å². The van der Waals surface area contributed by atoms with Gasteiger partial charge >= 0.3 is 0 Å². The van der Waals surface area contributed by atoms with E-state index in [-0.39, 0.29) is 32.4 Å². The maximum atomic E-state index is 12.7. The van der Waals surface area contributed by atoms with Gasteiger partial charge in [0.1, 0.15) is 54.9 Å². The largest absolute Gasteiger partial charge is 0.394 e. The molecule has 0 unspecified atom stereocenters. The minimum absolute atomic E-state index is 0.0345. The van der Waals surface area contributed by atoms with Crippen LogP contribution in [0.25, 0.3) is 0 Å². The topological polar surface area (TPSA) is 376 Å². The molecule has 19 N–H and O–H groups in total. The highest BCUT2D eigenvalue weighted by atomic mass is 16.8. The molecule has 1 aliphatic carbocycles. The SMILES string of the molecule is NC[C@@H]1C[C@@H](O)[C@@H](N)[C@@H](O[C@H]2[C@H](O[C@@H]3O[C@H](CO)[C@@H](O[C@@H]4C[C@@H](O)[C@H](O)[C@H](CN)O4)[C@H]3O)[C@@H](O)[C@H](NC(=O)[C@@H](O)[C@@H](O)CN)C[C@@H]2N)O1. The van der Waals surface area contributed by atoms with E-state index in [1.165, 1.54) is 0 Å². The van der Waals surface area contributed by atoms with Crippen LogP contribution in [0.15, 0.2) is 0 Å². The molecule has 1 saturated carbocycles. The molecular weight excluding hydrogens is 648 g/mol. The van der Waals surface area contributed by atoms with Crippen molar-refractivity contribution in [1.29, 1.82) is 0 Å². The molecule has 0 spiro atoms. The Balaban J connectivity index is 1.55. The zero-order chi connectivity index (χ0) is 35.4. The molecule has 4 aliphatic rings. The van der Waals surface area contributed by atoms with Gasteiger partial charge in [0.25, 0.3) is 5.91 Å². The first kappa shape index (κ1) is 39.5. The maximum absolute atomic E-state index is 12.7. The second-order valence-electron chi connectivity index (χ2n) is 12.6. The van der Waals surface area contributed by atoms with Crippen molar-refractivity contribution in [3.8, 4) is 0 Å². The fraction of sp³-hybridized carbons (Fsp3) is 0.963. The quantitative estimate of drug-likeness (QED) is 0.0847. The van der Waals surface area contributed by atoms with Gasteiger partial charge in [-0.1, -0.05) is 0 Å². The van der Waals surface area contributed by atoms with Gasteiger partial charge in [-0.3, -0.25) is 4.79 Å². The summed E-state index contributed by atoms with van der Waals surface area (Å²) >= 11 is 0. The van der Waals surface area contributed by atoms with Crippen molar-refractivity contribution >= 4 is 5.91 Å². The van der Waals surface area contributed by atoms with E-state index in [9.17, 15) is 45.6 Å². The first-order valence-electron chi connectivity index (χ1n) is 16.0. The normalized spacial score (nSPS) is 46.6. The van der Waals surface area contributed by atoms with Gasteiger partial charge in [-0.05, 0) is 6.42 Å². The first-order chi connectivity index (χ1) is 22.7.